The lowest BCUT2D eigenvalue weighted by Gasteiger charge is -2.12. The summed E-state index contributed by atoms with van der Waals surface area (Å²) in [5, 5.41) is 0. The van der Waals surface area contributed by atoms with E-state index in [0.29, 0.717) is 0 Å². The van der Waals surface area contributed by atoms with Gasteiger partial charge in [-0.15, -0.1) is 6.58 Å². The Morgan fingerprint density at radius 2 is 2.18 bits per heavy atom. The molecule has 0 saturated carbocycles. The number of unbranched alkanes of at least 4 members (excludes halogenated alkanes) is 3. The van der Waals surface area contributed by atoms with Gasteiger partial charge in [0.25, 0.3) is 0 Å². The van der Waals surface area contributed by atoms with Gasteiger partial charge in [-0.25, -0.2) is 0 Å². The van der Waals surface area contributed by atoms with Crippen molar-refractivity contribution in [2.24, 2.45) is 5.73 Å². The van der Waals surface area contributed by atoms with Crippen molar-refractivity contribution in [1.82, 2.24) is 0 Å². The number of hydrogen-bond donors (Lipinski definition) is 1. The molecule has 0 aliphatic heterocycles. The first-order valence-electron chi connectivity index (χ1n) is 6.28. The Labute approximate surface area is 104 Å². The number of ether oxygens (including phenoxy) is 1. The summed E-state index contributed by atoms with van der Waals surface area (Å²) < 4.78 is 5.20. The third kappa shape index (κ3) is 5.05. The van der Waals surface area contributed by atoms with E-state index in [-0.39, 0.29) is 6.04 Å². The first kappa shape index (κ1) is 13.8. The van der Waals surface area contributed by atoms with Gasteiger partial charge in [-0.3, -0.25) is 0 Å². The number of benzene rings is 1. The van der Waals surface area contributed by atoms with Gasteiger partial charge in [-0.1, -0.05) is 31.1 Å². The first-order chi connectivity index (χ1) is 8.27. The Bertz CT molecular complexity index is 335. The van der Waals surface area contributed by atoms with E-state index in [1.54, 1.807) is 7.11 Å². The minimum Gasteiger partial charge on any atom is -0.497 e. The van der Waals surface area contributed by atoms with Gasteiger partial charge in [-0.05, 0) is 37.0 Å². The predicted octanol–water partition coefficient (Wildman–Crippen LogP) is 3.83. The smallest absolute Gasteiger partial charge is 0.119 e. The molecule has 94 valence electrons. The van der Waals surface area contributed by atoms with Gasteiger partial charge < -0.3 is 10.5 Å². The van der Waals surface area contributed by atoms with Gasteiger partial charge in [0.15, 0.2) is 0 Å². The van der Waals surface area contributed by atoms with Crippen molar-refractivity contribution in [3.63, 3.8) is 0 Å². The van der Waals surface area contributed by atoms with Crippen LogP contribution in [0.15, 0.2) is 36.9 Å². The maximum absolute atomic E-state index is 6.16. The molecule has 1 aromatic carbocycles. The second kappa shape index (κ2) is 7.91. The maximum atomic E-state index is 6.16. The molecule has 0 aliphatic rings. The summed E-state index contributed by atoms with van der Waals surface area (Å²) in [5.74, 6) is 0.879. The van der Waals surface area contributed by atoms with Gasteiger partial charge in [-0.2, -0.15) is 0 Å². The van der Waals surface area contributed by atoms with E-state index < -0.39 is 0 Å². The van der Waals surface area contributed by atoms with E-state index >= 15 is 0 Å². The molecular weight excluding hydrogens is 210 g/mol. The van der Waals surface area contributed by atoms with Crippen LogP contribution in [-0.4, -0.2) is 7.11 Å². The lowest BCUT2D eigenvalue weighted by molar-refractivity contribution is 0.413. The average molecular weight is 233 g/mol. The molecule has 0 bridgehead atoms. The molecule has 2 heteroatoms. The predicted molar refractivity (Wildman–Crippen MR) is 73.2 cm³/mol. The number of hydrogen-bond acceptors (Lipinski definition) is 2. The SMILES string of the molecule is C=CCCCCCC(N)c1cccc(OC)c1. The lowest BCUT2D eigenvalue weighted by atomic mass is 10.0. The highest BCUT2D eigenvalue weighted by Gasteiger charge is 2.06. The molecule has 1 rings (SSSR count). The van der Waals surface area contributed by atoms with Crippen molar-refractivity contribution in [3.05, 3.63) is 42.5 Å². The molecule has 0 radical (unpaired) electrons. The van der Waals surface area contributed by atoms with Crippen molar-refractivity contribution in [3.8, 4) is 5.75 Å². The summed E-state index contributed by atoms with van der Waals surface area (Å²) in [6, 6.07) is 8.14. The zero-order valence-electron chi connectivity index (χ0n) is 10.7. The molecule has 1 unspecified atom stereocenters. The summed E-state index contributed by atoms with van der Waals surface area (Å²) in [7, 11) is 1.68. The number of nitrogens with two attached hydrogens (primary N) is 1. The van der Waals surface area contributed by atoms with Crippen LogP contribution in [-0.2, 0) is 0 Å². The largest absolute Gasteiger partial charge is 0.497 e. The molecule has 0 spiro atoms. The Kier molecular flexibility index (Phi) is 6.41. The van der Waals surface area contributed by atoms with Crippen molar-refractivity contribution >= 4 is 0 Å². The minimum atomic E-state index is 0.119. The van der Waals surface area contributed by atoms with Crippen molar-refractivity contribution in [1.29, 1.82) is 0 Å². The van der Waals surface area contributed by atoms with E-state index in [1.165, 1.54) is 19.3 Å². The molecule has 0 aromatic heterocycles. The molecule has 0 heterocycles. The molecule has 1 atom stereocenters. The van der Waals surface area contributed by atoms with Gasteiger partial charge in [0.2, 0.25) is 0 Å². The topological polar surface area (TPSA) is 35.2 Å². The Balaban J connectivity index is 2.35. The van der Waals surface area contributed by atoms with Crippen LogP contribution in [0.3, 0.4) is 0 Å². The number of methoxy groups -OCH3 is 1. The van der Waals surface area contributed by atoms with Crippen molar-refractivity contribution < 1.29 is 4.74 Å². The van der Waals surface area contributed by atoms with Crippen LogP contribution in [0.5, 0.6) is 5.75 Å². The van der Waals surface area contributed by atoms with Crippen LogP contribution in [0.2, 0.25) is 0 Å². The van der Waals surface area contributed by atoms with Crippen molar-refractivity contribution in [2.45, 2.75) is 38.1 Å². The quantitative estimate of drug-likeness (QED) is 0.547. The maximum Gasteiger partial charge on any atom is 0.119 e. The van der Waals surface area contributed by atoms with Gasteiger partial charge in [0, 0.05) is 6.04 Å². The highest BCUT2D eigenvalue weighted by Crippen LogP contribution is 2.21. The Morgan fingerprint density at radius 3 is 2.88 bits per heavy atom. The fourth-order valence-corrected chi connectivity index (χ4v) is 1.87. The van der Waals surface area contributed by atoms with E-state index in [1.807, 2.05) is 24.3 Å². The van der Waals surface area contributed by atoms with E-state index in [0.717, 1.165) is 24.2 Å². The van der Waals surface area contributed by atoms with Gasteiger partial charge in [0.05, 0.1) is 7.11 Å². The Morgan fingerprint density at radius 1 is 1.35 bits per heavy atom. The zero-order chi connectivity index (χ0) is 12.5. The molecule has 1 aromatic rings. The second-order valence-electron chi connectivity index (χ2n) is 4.31. The second-order valence-corrected chi connectivity index (χ2v) is 4.31. The fourth-order valence-electron chi connectivity index (χ4n) is 1.87. The fraction of sp³-hybridized carbons (Fsp3) is 0.467. The van der Waals surface area contributed by atoms with Crippen LogP contribution in [0, 0.1) is 0 Å². The number of allylic oxidation sites excluding steroid dienone is 1. The first-order valence-corrected chi connectivity index (χ1v) is 6.28. The Hall–Kier alpha value is -1.28. The highest BCUT2D eigenvalue weighted by atomic mass is 16.5. The van der Waals surface area contributed by atoms with Crippen molar-refractivity contribution in [2.75, 3.05) is 7.11 Å². The molecule has 2 N–H and O–H groups in total. The summed E-state index contributed by atoms with van der Waals surface area (Å²) in [6.07, 6.45) is 7.73. The number of rotatable bonds is 8. The molecule has 0 aliphatic carbocycles. The third-order valence-corrected chi connectivity index (χ3v) is 2.95. The normalized spacial score (nSPS) is 12.1. The summed E-state index contributed by atoms with van der Waals surface area (Å²) in [4.78, 5) is 0. The third-order valence-electron chi connectivity index (χ3n) is 2.95. The molecule has 0 fully saturated rings. The monoisotopic (exact) mass is 233 g/mol. The van der Waals surface area contributed by atoms with E-state index in [4.69, 9.17) is 10.5 Å². The van der Waals surface area contributed by atoms with Crippen LogP contribution >= 0.6 is 0 Å². The summed E-state index contributed by atoms with van der Waals surface area (Å²) >= 11 is 0. The van der Waals surface area contributed by atoms with E-state index in [9.17, 15) is 0 Å². The van der Waals surface area contributed by atoms with Crippen LogP contribution in [0.1, 0.15) is 43.7 Å². The van der Waals surface area contributed by atoms with E-state index in [2.05, 4.69) is 12.6 Å². The molecule has 0 amide bonds. The van der Waals surface area contributed by atoms with Gasteiger partial charge in [0.1, 0.15) is 5.75 Å². The molecular formula is C15H23NO. The van der Waals surface area contributed by atoms with Crippen LogP contribution < -0.4 is 10.5 Å². The molecule has 2 nitrogen and oxygen atoms in total. The zero-order valence-corrected chi connectivity index (χ0v) is 10.7. The van der Waals surface area contributed by atoms with Gasteiger partial charge >= 0.3 is 0 Å². The average Bonchev–Trinajstić information content (AvgIpc) is 2.38. The summed E-state index contributed by atoms with van der Waals surface area (Å²) in [5.41, 5.74) is 7.32. The van der Waals surface area contributed by atoms with Crippen LogP contribution in [0.25, 0.3) is 0 Å². The molecule has 17 heavy (non-hydrogen) atoms. The highest BCUT2D eigenvalue weighted by molar-refractivity contribution is 5.30. The minimum absolute atomic E-state index is 0.119. The summed E-state index contributed by atoms with van der Waals surface area (Å²) in [6.45, 7) is 3.72. The molecule has 0 saturated heterocycles. The lowest BCUT2D eigenvalue weighted by Crippen LogP contribution is -2.10. The standard InChI is InChI=1S/C15H23NO/c1-3-4-5-6-7-11-15(16)13-9-8-10-14(12-13)17-2/h3,8-10,12,15H,1,4-7,11,16H2,2H3. The van der Waals surface area contributed by atoms with Crippen LogP contribution in [0.4, 0.5) is 0 Å².